The van der Waals surface area contributed by atoms with Gasteiger partial charge >= 0.3 is 0 Å². The van der Waals surface area contributed by atoms with Crippen molar-refractivity contribution in [3.05, 3.63) is 117 Å². The van der Waals surface area contributed by atoms with Crippen LogP contribution in [0.3, 0.4) is 0 Å². The summed E-state index contributed by atoms with van der Waals surface area (Å²) in [5.74, 6) is 0. The van der Waals surface area contributed by atoms with Crippen LogP contribution < -0.4 is 0 Å². The molecule has 0 amide bonds. The van der Waals surface area contributed by atoms with Crippen LogP contribution in [-0.2, 0) is 0 Å². The Balaban J connectivity index is 1.79. The van der Waals surface area contributed by atoms with Crippen LogP contribution >= 0.6 is 31.9 Å². The van der Waals surface area contributed by atoms with Crippen molar-refractivity contribution in [3.8, 4) is 22.8 Å². The summed E-state index contributed by atoms with van der Waals surface area (Å²) in [6.45, 7) is 4.25. The molecule has 0 saturated heterocycles. The third kappa shape index (κ3) is 3.28. The minimum absolute atomic E-state index is 1.08. The van der Waals surface area contributed by atoms with Crippen LogP contribution in [0, 0.1) is 13.8 Å². The van der Waals surface area contributed by atoms with Gasteiger partial charge in [0.25, 0.3) is 0 Å². The number of hydrogen-bond acceptors (Lipinski definition) is 0. The van der Waals surface area contributed by atoms with E-state index >= 15 is 0 Å². The van der Waals surface area contributed by atoms with Crippen LogP contribution in [0.2, 0.25) is 0 Å². The Morgan fingerprint density at radius 3 is 1.21 bits per heavy atom. The number of para-hydroxylation sites is 2. The standard InChI is InChI=1S/C30H22Br2N2/c1-19-11-15-21(16-12-19)33-25-9-5-3-7-23(25)27(31)29(33)30-28(32)24-8-4-6-10-26(24)34(30)22-17-13-20(2)14-18-22/h3-18H,1-2H3. The van der Waals surface area contributed by atoms with Gasteiger partial charge in [0.05, 0.1) is 31.4 Å². The van der Waals surface area contributed by atoms with Gasteiger partial charge in [0.15, 0.2) is 0 Å². The Labute approximate surface area is 215 Å². The highest BCUT2D eigenvalue weighted by Crippen LogP contribution is 2.46. The first-order chi connectivity index (χ1) is 16.5. The molecule has 0 atom stereocenters. The summed E-state index contributed by atoms with van der Waals surface area (Å²) in [4.78, 5) is 0. The molecule has 4 aromatic carbocycles. The first-order valence-corrected chi connectivity index (χ1v) is 12.9. The van der Waals surface area contributed by atoms with Crippen LogP contribution in [-0.4, -0.2) is 9.13 Å². The monoisotopic (exact) mass is 568 g/mol. The van der Waals surface area contributed by atoms with Gasteiger partial charge in [0, 0.05) is 22.1 Å². The molecule has 0 saturated carbocycles. The fourth-order valence-electron chi connectivity index (χ4n) is 4.74. The molecule has 0 aliphatic heterocycles. The average molecular weight is 570 g/mol. The molecule has 2 nitrogen and oxygen atoms in total. The second kappa shape index (κ2) is 8.30. The van der Waals surface area contributed by atoms with Crippen molar-refractivity contribution in [2.75, 3.05) is 0 Å². The molecule has 0 aliphatic rings. The minimum atomic E-state index is 1.08. The zero-order valence-electron chi connectivity index (χ0n) is 18.9. The predicted molar refractivity (Wildman–Crippen MR) is 150 cm³/mol. The van der Waals surface area contributed by atoms with Gasteiger partial charge in [-0.25, -0.2) is 0 Å². The number of benzene rings is 4. The van der Waals surface area contributed by atoms with E-state index in [4.69, 9.17) is 0 Å². The Hall–Kier alpha value is -3.08. The molecule has 34 heavy (non-hydrogen) atoms. The van der Waals surface area contributed by atoms with Crippen LogP contribution in [0.25, 0.3) is 44.6 Å². The molecule has 2 aromatic heterocycles. The number of hydrogen-bond donors (Lipinski definition) is 0. The van der Waals surface area contributed by atoms with Crippen molar-refractivity contribution in [1.29, 1.82) is 0 Å². The number of halogens is 2. The summed E-state index contributed by atoms with van der Waals surface area (Å²) in [5.41, 5.74) is 9.33. The first kappa shape index (κ1) is 21.5. The largest absolute Gasteiger partial charge is 0.307 e. The molecule has 0 bridgehead atoms. The topological polar surface area (TPSA) is 9.86 Å². The van der Waals surface area contributed by atoms with Gasteiger partial charge in [0.1, 0.15) is 0 Å². The molecule has 166 valence electrons. The number of aryl methyl sites for hydroxylation is 2. The summed E-state index contributed by atoms with van der Waals surface area (Å²) in [6.07, 6.45) is 0. The highest BCUT2D eigenvalue weighted by atomic mass is 79.9. The van der Waals surface area contributed by atoms with E-state index in [1.807, 2.05) is 0 Å². The lowest BCUT2D eigenvalue weighted by molar-refractivity contribution is 1.06. The predicted octanol–water partition coefficient (Wildman–Crippen LogP) is 9.38. The highest BCUT2D eigenvalue weighted by molar-refractivity contribution is 9.11. The van der Waals surface area contributed by atoms with E-state index in [9.17, 15) is 0 Å². The van der Waals surface area contributed by atoms with Gasteiger partial charge < -0.3 is 9.13 Å². The Morgan fingerprint density at radius 2 is 0.824 bits per heavy atom. The minimum Gasteiger partial charge on any atom is -0.307 e. The molecule has 0 spiro atoms. The number of fused-ring (bicyclic) bond motifs is 2. The molecule has 0 unspecified atom stereocenters. The molecule has 6 aromatic rings. The van der Waals surface area contributed by atoms with Crippen molar-refractivity contribution in [3.63, 3.8) is 0 Å². The molecular formula is C30H22Br2N2. The van der Waals surface area contributed by atoms with E-state index in [0.717, 1.165) is 31.7 Å². The van der Waals surface area contributed by atoms with Crippen LogP contribution in [0.1, 0.15) is 11.1 Å². The SMILES string of the molecule is Cc1ccc(-n2c(-c3c(Br)c4ccccc4n3-c3ccc(C)cc3)c(Br)c3ccccc32)cc1. The van der Waals surface area contributed by atoms with Crippen molar-refractivity contribution in [1.82, 2.24) is 9.13 Å². The third-order valence-electron chi connectivity index (χ3n) is 6.43. The van der Waals surface area contributed by atoms with Gasteiger partial charge in [-0.1, -0.05) is 71.8 Å². The summed E-state index contributed by atoms with van der Waals surface area (Å²) >= 11 is 8.01. The molecule has 0 aliphatic carbocycles. The van der Waals surface area contributed by atoms with Crippen molar-refractivity contribution >= 4 is 53.7 Å². The average Bonchev–Trinajstić information content (AvgIpc) is 3.31. The van der Waals surface area contributed by atoms with E-state index in [1.54, 1.807) is 0 Å². The Morgan fingerprint density at radius 1 is 0.471 bits per heavy atom. The molecule has 0 radical (unpaired) electrons. The van der Waals surface area contributed by atoms with Crippen molar-refractivity contribution < 1.29 is 0 Å². The zero-order valence-corrected chi connectivity index (χ0v) is 22.1. The maximum atomic E-state index is 4.01. The van der Waals surface area contributed by atoms with Crippen molar-refractivity contribution in [2.24, 2.45) is 0 Å². The lowest BCUT2D eigenvalue weighted by Gasteiger charge is -2.16. The Kier molecular flexibility index (Phi) is 5.23. The molecule has 2 heterocycles. The maximum absolute atomic E-state index is 4.01. The van der Waals surface area contributed by atoms with Crippen molar-refractivity contribution in [2.45, 2.75) is 13.8 Å². The Bertz CT molecular complexity index is 1540. The normalized spacial score (nSPS) is 11.5. The van der Waals surface area contributed by atoms with E-state index in [-0.39, 0.29) is 0 Å². The summed E-state index contributed by atoms with van der Waals surface area (Å²) in [5, 5.41) is 2.37. The van der Waals surface area contributed by atoms with Gasteiger partial charge in [-0.15, -0.1) is 0 Å². The van der Waals surface area contributed by atoms with E-state index in [2.05, 4.69) is 152 Å². The molecule has 0 fully saturated rings. The quantitative estimate of drug-likeness (QED) is 0.201. The van der Waals surface area contributed by atoms with Gasteiger partial charge in [-0.2, -0.15) is 0 Å². The summed E-state index contributed by atoms with van der Waals surface area (Å²) < 4.78 is 6.89. The fraction of sp³-hybridized carbons (Fsp3) is 0.0667. The number of rotatable bonds is 3. The number of nitrogens with zero attached hydrogens (tertiary/aromatic N) is 2. The molecular weight excluding hydrogens is 548 g/mol. The van der Waals surface area contributed by atoms with Crippen LogP contribution in [0.4, 0.5) is 0 Å². The zero-order chi connectivity index (χ0) is 23.4. The van der Waals surface area contributed by atoms with Crippen LogP contribution in [0.5, 0.6) is 0 Å². The van der Waals surface area contributed by atoms with Crippen LogP contribution in [0.15, 0.2) is 106 Å². The van der Waals surface area contributed by atoms with Gasteiger partial charge in [-0.05, 0) is 82.1 Å². The second-order valence-electron chi connectivity index (χ2n) is 8.70. The molecule has 6 rings (SSSR count). The highest BCUT2D eigenvalue weighted by Gasteiger charge is 2.26. The third-order valence-corrected chi connectivity index (χ3v) is 8.04. The smallest absolute Gasteiger partial charge is 0.0865 e. The fourth-order valence-corrected chi connectivity index (χ4v) is 6.15. The number of aromatic nitrogens is 2. The first-order valence-electron chi connectivity index (χ1n) is 11.3. The lowest BCUT2D eigenvalue weighted by Crippen LogP contribution is -2.03. The van der Waals surface area contributed by atoms with E-state index < -0.39 is 0 Å². The van der Waals surface area contributed by atoms with E-state index in [1.165, 1.54) is 32.9 Å². The summed E-state index contributed by atoms with van der Waals surface area (Å²) in [6, 6.07) is 34.6. The van der Waals surface area contributed by atoms with Gasteiger partial charge in [0.2, 0.25) is 0 Å². The van der Waals surface area contributed by atoms with E-state index in [0.29, 0.717) is 0 Å². The summed E-state index contributed by atoms with van der Waals surface area (Å²) in [7, 11) is 0. The molecule has 4 heteroatoms. The van der Waals surface area contributed by atoms with Gasteiger partial charge in [-0.3, -0.25) is 0 Å². The molecule has 0 N–H and O–H groups in total. The lowest BCUT2D eigenvalue weighted by atomic mass is 10.2. The maximum Gasteiger partial charge on any atom is 0.0865 e. The second-order valence-corrected chi connectivity index (χ2v) is 10.3.